The van der Waals surface area contributed by atoms with E-state index in [1.807, 2.05) is 27.7 Å². The summed E-state index contributed by atoms with van der Waals surface area (Å²) in [5.41, 5.74) is -0.473. The Hall–Kier alpha value is -0.770. The SMILES string of the molecule is CCNC(=NCCN(C)CC)NCCNC(=O)OC(C)(C)C.I. The lowest BCUT2D eigenvalue weighted by atomic mass is 10.2. The molecule has 0 aromatic rings. The monoisotopic (exact) mass is 443 g/mol. The van der Waals surface area contributed by atoms with Crippen LogP contribution in [0.1, 0.15) is 34.6 Å². The van der Waals surface area contributed by atoms with Gasteiger partial charge in [-0.3, -0.25) is 4.99 Å². The van der Waals surface area contributed by atoms with Crippen molar-refractivity contribution in [2.75, 3.05) is 46.3 Å². The molecule has 0 aliphatic heterocycles. The van der Waals surface area contributed by atoms with E-state index in [4.69, 9.17) is 4.74 Å². The second-order valence-corrected chi connectivity index (χ2v) is 6.01. The molecule has 8 heteroatoms. The average Bonchev–Trinajstić information content (AvgIpc) is 2.41. The Kier molecular flexibility index (Phi) is 14.5. The fraction of sp³-hybridized carbons (Fsp3) is 0.867. The third-order valence-corrected chi connectivity index (χ3v) is 2.72. The lowest BCUT2D eigenvalue weighted by Gasteiger charge is -2.20. The van der Waals surface area contributed by atoms with E-state index in [0.717, 1.165) is 32.1 Å². The number of likely N-dealkylation sites (N-methyl/N-ethyl adjacent to an activating group) is 1. The van der Waals surface area contributed by atoms with Crippen molar-refractivity contribution >= 4 is 36.0 Å². The summed E-state index contributed by atoms with van der Waals surface area (Å²) < 4.78 is 5.17. The number of aliphatic imine (C=N–C) groups is 1. The molecular formula is C15H34IN5O2. The Labute approximate surface area is 158 Å². The number of guanidine groups is 1. The molecule has 0 aromatic heterocycles. The van der Waals surface area contributed by atoms with Gasteiger partial charge in [-0.25, -0.2) is 4.79 Å². The molecule has 0 aliphatic carbocycles. The Morgan fingerprint density at radius 3 is 2.26 bits per heavy atom. The minimum atomic E-state index is -0.473. The van der Waals surface area contributed by atoms with Gasteiger partial charge in [0.2, 0.25) is 0 Å². The maximum Gasteiger partial charge on any atom is 0.407 e. The quantitative estimate of drug-likeness (QED) is 0.230. The minimum Gasteiger partial charge on any atom is -0.444 e. The van der Waals surface area contributed by atoms with Crippen LogP contribution in [-0.4, -0.2) is 68.9 Å². The molecule has 0 radical (unpaired) electrons. The van der Waals surface area contributed by atoms with Crippen molar-refractivity contribution in [3.05, 3.63) is 0 Å². The molecule has 3 N–H and O–H groups in total. The first kappa shape index (κ1) is 24.5. The highest BCUT2D eigenvalue weighted by molar-refractivity contribution is 14.0. The van der Waals surface area contributed by atoms with Crippen molar-refractivity contribution in [3.8, 4) is 0 Å². The summed E-state index contributed by atoms with van der Waals surface area (Å²) in [6, 6.07) is 0. The molecule has 7 nitrogen and oxygen atoms in total. The van der Waals surface area contributed by atoms with Crippen molar-refractivity contribution in [1.29, 1.82) is 0 Å². The second-order valence-electron chi connectivity index (χ2n) is 6.01. The van der Waals surface area contributed by atoms with E-state index >= 15 is 0 Å². The molecular weight excluding hydrogens is 409 g/mol. The predicted molar refractivity (Wildman–Crippen MR) is 107 cm³/mol. The lowest BCUT2D eigenvalue weighted by Crippen LogP contribution is -2.42. The predicted octanol–water partition coefficient (Wildman–Crippen LogP) is 1.64. The van der Waals surface area contributed by atoms with Crippen LogP contribution in [0.5, 0.6) is 0 Å². The van der Waals surface area contributed by atoms with Gasteiger partial charge in [0.25, 0.3) is 0 Å². The maximum absolute atomic E-state index is 11.5. The third kappa shape index (κ3) is 15.9. The first-order valence-electron chi connectivity index (χ1n) is 7.96. The molecule has 0 fully saturated rings. The highest BCUT2D eigenvalue weighted by Gasteiger charge is 2.15. The number of alkyl carbamates (subject to hydrolysis) is 1. The van der Waals surface area contributed by atoms with Gasteiger partial charge in [-0.05, 0) is 41.3 Å². The fourth-order valence-electron chi connectivity index (χ4n) is 1.49. The zero-order valence-electron chi connectivity index (χ0n) is 15.4. The summed E-state index contributed by atoms with van der Waals surface area (Å²) in [7, 11) is 2.07. The van der Waals surface area contributed by atoms with E-state index in [1.54, 1.807) is 0 Å². The first-order valence-corrected chi connectivity index (χ1v) is 7.96. The molecule has 0 saturated heterocycles. The van der Waals surface area contributed by atoms with Crippen molar-refractivity contribution in [1.82, 2.24) is 20.9 Å². The van der Waals surface area contributed by atoms with E-state index in [1.165, 1.54) is 0 Å². The molecule has 0 aromatic carbocycles. The molecule has 0 aliphatic rings. The fourth-order valence-corrected chi connectivity index (χ4v) is 1.49. The van der Waals surface area contributed by atoms with Crippen LogP contribution >= 0.6 is 24.0 Å². The number of carbonyl (C=O) groups is 1. The Balaban J connectivity index is 0. The zero-order chi connectivity index (χ0) is 17.0. The molecule has 0 unspecified atom stereocenters. The average molecular weight is 443 g/mol. The van der Waals surface area contributed by atoms with Crippen LogP contribution in [0.15, 0.2) is 4.99 Å². The Morgan fingerprint density at radius 2 is 1.74 bits per heavy atom. The van der Waals surface area contributed by atoms with Crippen molar-refractivity contribution in [2.45, 2.75) is 40.2 Å². The van der Waals surface area contributed by atoms with Crippen LogP contribution in [0.2, 0.25) is 0 Å². The molecule has 23 heavy (non-hydrogen) atoms. The number of carbonyl (C=O) groups excluding carboxylic acids is 1. The highest BCUT2D eigenvalue weighted by atomic mass is 127. The lowest BCUT2D eigenvalue weighted by molar-refractivity contribution is 0.0529. The summed E-state index contributed by atoms with van der Waals surface area (Å²) in [5, 5.41) is 9.06. The molecule has 0 heterocycles. The molecule has 0 atom stereocenters. The zero-order valence-corrected chi connectivity index (χ0v) is 17.7. The first-order chi connectivity index (χ1) is 10.3. The summed E-state index contributed by atoms with van der Waals surface area (Å²) >= 11 is 0. The third-order valence-electron chi connectivity index (χ3n) is 2.72. The summed E-state index contributed by atoms with van der Waals surface area (Å²) in [6.45, 7) is 14.2. The van der Waals surface area contributed by atoms with Gasteiger partial charge in [-0.15, -0.1) is 24.0 Å². The molecule has 0 bridgehead atoms. The van der Waals surface area contributed by atoms with Gasteiger partial charge in [-0.2, -0.15) is 0 Å². The number of nitrogens with zero attached hydrogens (tertiary/aromatic N) is 2. The maximum atomic E-state index is 11.5. The van der Waals surface area contributed by atoms with Gasteiger partial charge >= 0.3 is 6.09 Å². The van der Waals surface area contributed by atoms with Gasteiger partial charge in [0.1, 0.15) is 5.60 Å². The molecule has 138 valence electrons. The number of halogens is 1. The van der Waals surface area contributed by atoms with Gasteiger partial charge in [0.05, 0.1) is 6.54 Å². The summed E-state index contributed by atoms with van der Waals surface area (Å²) in [5.74, 6) is 0.762. The molecule has 1 amide bonds. The van der Waals surface area contributed by atoms with E-state index in [0.29, 0.717) is 13.1 Å². The van der Waals surface area contributed by atoms with Gasteiger partial charge in [0.15, 0.2) is 5.96 Å². The summed E-state index contributed by atoms with van der Waals surface area (Å²) in [6.07, 6.45) is -0.402. The van der Waals surface area contributed by atoms with Crippen LogP contribution in [0.4, 0.5) is 4.79 Å². The summed E-state index contributed by atoms with van der Waals surface area (Å²) in [4.78, 5) is 18.2. The van der Waals surface area contributed by atoms with Crippen molar-refractivity contribution < 1.29 is 9.53 Å². The molecule has 0 rings (SSSR count). The van der Waals surface area contributed by atoms with Gasteiger partial charge in [-0.1, -0.05) is 6.92 Å². The van der Waals surface area contributed by atoms with Crippen molar-refractivity contribution in [3.63, 3.8) is 0 Å². The number of hydrogen-bond donors (Lipinski definition) is 3. The van der Waals surface area contributed by atoms with Crippen LogP contribution in [0.3, 0.4) is 0 Å². The Morgan fingerprint density at radius 1 is 1.13 bits per heavy atom. The van der Waals surface area contributed by atoms with Gasteiger partial charge in [0, 0.05) is 26.2 Å². The molecule has 0 spiro atoms. The van der Waals surface area contributed by atoms with Crippen LogP contribution in [0.25, 0.3) is 0 Å². The van der Waals surface area contributed by atoms with Crippen LogP contribution in [-0.2, 0) is 4.74 Å². The van der Waals surface area contributed by atoms with Crippen LogP contribution in [0, 0.1) is 0 Å². The second kappa shape index (κ2) is 13.6. The Bertz CT molecular complexity index is 345. The topological polar surface area (TPSA) is 78.0 Å². The number of amides is 1. The minimum absolute atomic E-state index is 0. The normalized spacial score (nSPS) is 11.7. The smallest absolute Gasteiger partial charge is 0.407 e. The standard InChI is InChI=1S/C15H33N5O2.HI/c1-7-16-13(18-11-12-20(6)8-2)17-9-10-19-14(21)22-15(3,4)5;/h7-12H2,1-6H3,(H,19,21)(H2,16,17,18);1H. The van der Waals surface area contributed by atoms with Crippen molar-refractivity contribution in [2.24, 2.45) is 4.99 Å². The number of hydrogen-bond acceptors (Lipinski definition) is 4. The van der Waals surface area contributed by atoms with E-state index < -0.39 is 11.7 Å². The molecule has 0 saturated carbocycles. The highest BCUT2D eigenvalue weighted by Crippen LogP contribution is 2.05. The number of rotatable bonds is 8. The number of ether oxygens (including phenoxy) is 1. The van der Waals surface area contributed by atoms with E-state index in [9.17, 15) is 4.79 Å². The largest absolute Gasteiger partial charge is 0.444 e. The van der Waals surface area contributed by atoms with E-state index in [2.05, 4.69) is 39.8 Å². The van der Waals surface area contributed by atoms with Gasteiger partial charge < -0.3 is 25.6 Å². The van der Waals surface area contributed by atoms with Crippen LogP contribution < -0.4 is 16.0 Å². The number of nitrogens with one attached hydrogen (secondary N) is 3. The van der Waals surface area contributed by atoms with E-state index in [-0.39, 0.29) is 24.0 Å².